The van der Waals surface area contributed by atoms with E-state index in [0.29, 0.717) is 0 Å². The highest BCUT2D eigenvalue weighted by Crippen LogP contribution is 2.49. The van der Waals surface area contributed by atoms with Gasteiger partial charge in [-0.3, -0.25) is 4.79 Å². The molecule has 2 aliphatic heterocycles. The van der Waals surface area contributed by atoms with Crippen LogP contribution in [-0.2, 0) is 22.3 Å². The van der Waals surface area contributed by atoms with E-state index >= 15 is 0 Å². The average Bonchev–Trinajstić information content (AvgIpc) is 3.35. The number of esters is 2. The van der Waals surface area contributed by atoms with E-state index < -0.39 is 145 Å². The lowest BCUT2D eigenvalue weighted by Crippen LogP contribution is -2.35. The molecule has 0 aromatic heterocycles. The van der Waals surface area contributed by atoms with Crippen LogP contribution >= 0.6 is 0 Å². The van der Waals surface area contributed by atoms with Crippen molar-refractivity contribution >= 4 is 22.7 Å². The number of hydrogen-bond acceptors (Lipinski definition) is 20. The van der Waals surface area contributed by atoms with E-state index in [4.69, 9.17) is 18.9 Å². The number of benzene rings is 5. The molecule has 4 atom stereocenters. The standard InChI is InChI=1S/C43H32O20/c44-16-7-23(46)21-12-32(62-42(58)14-3-25(48)36(54)26(49)4-14)40(60-30(21)9-16)19-2-1-18-20(11-29(52)38(56)34(18)39(57)35(19)53)41-33(13-22-24(47)8-17(45)10-31(22)61-41)63-43(59)15-5-27(50)37(55)28(51)6-15/h1-11,32-33,40-41,44-52,54-56H,12-13H2,(H,53,57)/t32-,33-,40-,41-/m1/s1. The molecule has 0 bridgehead atoms. The molecule has 13 N–H and O–H groups in total. The van der Waals surface area contributed by atoms with Gasteiger partial charge in [0.05, 0.1) is 16.5 Å². The number of phenolic OH excluding ortho intramolecular Hbond substituents is 12. The Balaban J connectivity index is 1.28. The molecule has 20 heteroatoms. The molecule has 20 nitrogen and oxygen atoms in total. The van der Waals surface area contributed by atoms with Crippen molar-refractivity contribution in [2.24, 2.45) is 0 Å². The second kappa shape index (κ2) is 15.0. The van der Waals surface area contributed by atoms with Crippen LogP contribution in [0.5, 0.6) is 86.2 Å². The zero-order valence-corrected chi connectivity index (χ0v) is 31.7. The van der Waals surface area contributed by atoms with Crippen LogP contribution in [0.1, 0.15) is 55.2 Å². The minimum atomic E-state index is -1.69. The molecule has 0 fully saturated rings. The zero-order chi connectivity index (χ0) is 45.3. The number of phenols is 12. The van der Waals surface area contributed by atoms with Crippen LogP contribution < -0.4 is 14.9 Å². The summed E-state index contributed by atoms with van der Waals surface area (Å²) < 4.78 is 23.7. The number of ether oxygens (including phenoxy) is 4. The summed E-state index contributed by atoms with van der Waals surface area (Å²) in [5, 5.41) is 135. The average molecular weight is 869 g/mol. The first-order chi connectivity index (χ1) is 29.8. The smallest absolute Gasteiger partial charge is 0.338 e. The highest BCUT2D eigenvalue weighted by atomic mass is 16.6. The number of hydrogen-bond donors (Lipinski definition) is 13. The van der Waals surface area contributed by atoms with E-state index in [1.807, 2.05) is 0 Å². The summed E-state index contributed by atoms with van der Waals surface area (Å²) in [7, 11) is 0. The van der Waals surface area contributed by atoms with Gasteiger partial charge >= 0.3 is 11.9 Å². The van der Waals surface area contributed by atoms with E-state index in [0.717, 1.165) is 66.7 Å². The van der Waals surface area contributed by atoms with Crippen LogP contribution in [0.2, 0.25) is 0 Å². The molecular formula is C43H32O20. The Morgan fingerprint density at radius 3 is 1.33 bits per heavy atom. The van der Waals surface area contributed by atoms with Gasteiger partial charge in [-0.05, 0) is 35.7 Å². The summed E-state index contributed by atoms with van der Waals surface area (Å²) in [6.45, 7) is 0. The summed E-state index contributed by atoms with van der Waals surface area (Å²) in [6, 6.07) is 10.5. The van der Waals surface area contributed by atoms with E-state index in [1.165, 1.54) is 0 Å². The maximum Gasteiger partial charge on any atom is 0.338 e. The summed E-state index contributed by atoms with van der Waals surface area (Å²) >= 11 is 0. The van der Waals surface area contributed by atoms with Crippen LogP contribution in [0.15, 0.2) is 71.5 Å². The summed E-state index contributed by atoms with van der Waals surface area (Å²) in [4.78, 5) is 41.3. The van der Waals surface area contributed by atoms with E-state index in [2.05, 4.69) is 0 Å². The molecular weight excluding hydrogens is 836 g/mol. The van der Waals surface area contributed by atoms with Crippen molar-refractivity contribution in [3.63, 3.8) is 0 Å². The van der Waals surface area contributed by atoms with Crippen LogP contribution in [0.4, 0.5) is 0 Å². The lowest BCUT2D eigenvalue weighted by Gasteiger charge is -2.34. The molecule has 324 valence electrons. The molecule has 0 spiro atoms. The molecule has 0 amide bonds. The van der Waals surface area contributed by atoms with Gasteiger partial charge in [-0.15, -0.1) is 0 Å². The highest BCUT2D eigenvalue weighted by Gasteiger charge is 2.41. The molecule has 0 saturated carbocycles. The first kappa shape index (κ1) is 40.9. The Morgan fingerprint density at radius 1 is 0.476 bits per heavy atom. The second-order valence-electron chi connectivity index (χ2n) is 14.6. The fourth-order valence-electron chi connectivity index (χ4n) is 7.55. The number of fused-ring (bicyclic) bond motifs is 3. The van der Waals surface area contributed by atoms with Crippen molar-refractivity contribution < 1.29 is 94.9 Å². The molecule has 0 aliphatic carbocycles. The van der Waals surface area contributed by atoms with Crippen molar-refractivity contribution in [2.75, 3.05) is 0 Å². The molecule has 0 saturated heterocycles. The summed E-state index contributed by atoms with van der Waals surface area (Å²) in [5.74, 6) is -13.3. The fourth-order valence-corrected chi connectivity index (χ4v) is 7.55. The van der Waals surface area contributed by atoms with E-state index in [1.54, 1.807) is 0 Å². The predicted octanol–water partition coefficient (Wildman–Crippen LogP) is 4.18. The third kappa shape index (κ3) is 7.09. The Hall–Kier alpha value is -8.81. The van der Waals surface area contributed by atoms with Crippen molar-refractivity contribution in [3.05, 3.63) is 110 Å². The minimum absolute atomic E-state index is 0.000488. The molecule has 6 aromatic carbocycles. The van der Waals surface area contributed by atoms with Gasteiger partial charge in [0.25, 0.3) is 0 Å². The maximum absolute atomic E-state index is 14.3. The Labute approximate surface area is 351 Å². The second-order valence-corrected chi connectivity index (χ2v) is 14.6. The minimum Gasteiger partial charge on any atom is -0.508 e. The lowest BCUT2D eigenvalue weighted by molar-refractivity contribution is -0.0195. The predicted molar refractivity (Wildman–Crippen MR) is 210 cm³/mol. The largest absolute Gasteiger partial charge is 0.508 e. The van der Waals surface area contributed by atoms with E-state index in [-0.39, 0.29) is 40.0 Å². The third-order valence-electron chi connectivity index (χ3n) is 10.6. The molecule has 0 unspecified atom stereocenters. The monoisotopic (exact) mass is 868 g/mol. The van der Waals surface area contributed by atoms with Gasteiger partial charge in [0.1, 0.15) is 46.7 Å². The molecule has 6 aromatic rings. The van der Waals surface area contributed by atoms with Crippen molar-refractivity contribution in [1.82, 2.24) is 0 Å². The van der Waals surface area contributed by atoms with Crippen LogP contribution in [0, 0.1) is 0 Å². The Morgan fingerprint density at radius 2 is 0.889 bits per heavy atom. The molecule has 0 radical (unpaired) electrons. The van der Waals surface area contributed by atoms with Crippen LogP contribution in [-0.4, -0.2) is 90.5 Å². The molecule has 2 heterocycles. The van der Waals surface area contributed by atoms with Gasteiger partial charge in [0.2, 0.25) is 5.43 Å². The lowest BCUT2D eigenvalue weighted by atomic mass is 9.91. The van der Waals surface area contributed by atoms with Gasteiger partial charge in [-0.25, -0.2) is 9.59 Å². The number of aromatic hydroxyl groups is 13. The Kier molecular flexibility index (Phi) is 9.77. The maximum atomic E-state index is 14.3. The van der Waals surface area contributed by atoms with E-state index in [9.17, 15) is 80.8 Å². The van der Waals surface area contributed by atoms with Gasteiger partial charge in [-0.1, -0.05) is 12.1 Å². The highest BCUT2D eigenvalue weighted by molar-refractivity contribution is 5.95. The topological polar surface area (TPSA) is 351 Å². The molecule has 63 heavy (non-hydrogen) atoms. The zero-order valence-electron chi connectivity index (χ0n) is 31.7. The van der Waals surface area contributed by atoms with Gasteiger partial charge < -0.3 is 85.3 Å². The van der Waals surface area contributed by atoms with Gasteiger partial charge in [-0.2, -0.15) is 0 Å². The van der Waals surface area contributed by atoms with Crippen molar-refractivity contribution in [3.8, 4) is 86.2 Å². The van der Waals surface area contributed by atoms with Crippen molar-refractivity contribution in [2.45, 2.75) is 37.3 Å². The number of carbonyl (C=O) groups excluding carboxylic acids is 2. The summed E-state index contributed by atoms with van der Waals surface area (Å²) in [5.41, 5.74) is -2.93. The van der Waals surface area contributed by atoms with Gasteiger partial charge in [0, 0.05) is 59.4 Å². The molecule has 8 rings (SSSR count). The third-order valence-corrected chi connectivity index (χ3v) is 10.6. The van der Waals surface area contributed by atoms with Crippen LogP contribution in [0.3, 0.4) is 0 Å². The Bertz CT molecular complexity index is 2950. The summed E-state index contributed by atoms with van der Waals surface area (Å²) in [6.07, 6.45) is -7.17. The number of carbonyl (C=O) groups is 2. The quantitative estimate of drug-likeness (QED) is 0.0824. The first-order valence-corrected chi connectivity index (χ1v) is 18.4. The SMILES string of the molecule is O=C(O[C@@H]1Cc2c(O)cc(O)cc2O[C@@H]1c1ccc2c([C@H]3Oc4cc(O)cc(O)c4C[C@H]3OC(=O)c3cc(O)c(O)c(O)c3)cc(O)c(O)c2c(=O)c1O)c1cc(O)c(O)c(O)c1. The first-order valence-electron chi connectivity index (χ1n) is 18.4. The van der Waals surface area contributed by atoms with Crippen molar-refractivity contribution in [1.29, 1.82) is 0 Å². The van der Waals surface area contributed by atoms with Gasteiger partial charge in [0.15, 0.2) is 64.0 Å². The fraction of sp³-hybridized carbons (Fsp3) is 0.140. The normalized spacial score (nSPS) is 17.7. The number of rotatable bonds is 6. The molecule has 2 aliphatic rings. The van der Waals surface area contributed by atoms with Crippen LogP contribution in [0.25, 0.3) is 10.8 Å².